The molecule has 0 spiro atoms. The molecule has 1 aliphatic heterocycles. The van der Waals surface area contributed by atoms with Crippen LogP contribution >= 0.6 is 0 Å². The van der Waals surface area contributed by atoms with Crippen molar-refractivity contribution in [3.63, 3.8) is 0 Å². The lowest BCUT2D eigenvalue weighted by molar-refractivity contribution is 0.237. The molecule has 0 aromatic carbocycles. The predicted molar refractivity (Wildman–Crippen MR) is 60.8 cm³/mol. The van der Waals surface area contributed by atoms with Crippen LogP contribution in [0.1, 0.15) is 0 Å². The molecular formula is C8H10N2O6S2. The fraction of sp³-hybridized carbons (Fsp3) is 0.500. The van der Waals surface area contributed by atoms with E-state index in [0.29, 0.717) is 0 Å². The number of rotatable bonds is 4. The van der Waals surface area contributed by atoms with Gasteiger partial charge in [0.25, 0.3) is 0 Å². The molecule has 10 heteroatoms. The molecule has 100 valence electrons. The molecule has 0 unspecified atom stereocenters. The zero-order valence-corrected chi connectivity index (χ0v) is 10.8. The van der Waals surface area contributed by atoms with Gasteiger partial charge in [0.15, 0.2) is 0 Å². The summed E-state index contributed by atoms with van der Waals surface area (Å²) in [5, 5.41) is 0. The Kier molecular flexibility index (Phi) is 4.43. The van der Waals surface area contributed by atoms with E-state index in [1.54, 1.807) is 12.2 Å². The van der Waals surface area contributed by atoms with Crippen molar-refractivity contribution in [3.05, 3.63) is 0 Å². The molecule has 1 aliphatic rings. The molecule has 0 saturated carbocycles. The maximum atomic E-state index is 11.4. The highest BCUT2D eigenvalue weighted by Crippen LogP contribution is 2.12. The van der Waals surface area contributed by atoms with Gasteiger partial charge in [-0.15, -0.1) is 0 Å². The molecule has 1 saturated heterocycles. The Bertz CT molecular complexity index is 520. The first-order valence-corrected chi connectivity index (χ1v) is 7.35. The smallest absolute Gasteiger partial charge is 0.316 e. The van der Waals surface area contributed by atoms with Crippen LogP contribution in [-0.2, 0) is 29.0 Å². The van der Waals surface area contributed by atoms with Crippen LogP contribution in [0.25, 0.3) is 0 Å². The van der Waals surface area contributed by atoms with E-state index in [1.165, 1.54) is 0 Å². The van der Waals surface area contributed by atoms with Gasteiger partial charge in [-0.2, -0.15) is 25.4 Å². The van der Waals surface area contributed by atoms with Gasteiger partial charge in [-0.3, -0.25) is 0 Å². The van der Waals surface area contributed by atoms with Crippen molar-refractivity contribution in [1.29, 1.82) is 0 Å². The lowest BCUT2D eigenvalue weighted by Crippen LogP contribution is -2.50. The number of piperazine rings is 1. The Hall–Kier alpha value is -1.46. The Morgan fingerprint density at radius 2 is 1.06 bits per heavy atom. The Labute approximate surface area is 106 Å². The van der Waals surface area contributed by atoms with Crippen LogP contribution in [0, 0.1) is 25.1 Å². The van der Waals surface area contributed by atoms with Crippen molar-refractivity contribution < 1.29 is 25.2 Å². The van der Waals surface area contributed by atoms with Crippen molar-refractivity contribution in [3.8, 4) is 25.1 Å². The molecule has 8 nitrogen and oxygen atoms in total. The molecule has 1 heterocycles. The molecule has 0 radical (unpaired) electrons. The van der Waals surface area contributed by atoms with Gasteiger partial charge in [0.1, 0.15) is 12.2 Å². The van der Waals surface area contributed by atoms with Crippen LogP contribution in [0.5, 0.6) is 0 Å². The van der Waals surface area contributed by atoms with Crippen molar-refractivity contribution >= 4 is 20.6 Å². The number of nitrogens with zero attached hydrogens (tertiary/aromatic N) is 2. The molecule has 1 fully saturated rings. The standard InChI is InChI=1S/C8H10N2O6S2/c1-3-15-17(11,12)9-5-7-10(8-6-9)18(13,14)16-4-2/h1-2H,5-8H2. The van der Waals surface area contributed by atoms with Gasteiger partial charge in [-0.05, 0) is 0 Å². The molecule has 0 amide bonds. The molecule has 0 aromatic rings. The van der Waals surface area contributed by atoms with E-state index >= 15 is 0 Å². The summed E-state index contributed by atoms with van der Waals surface area (Å²) in [5.41, 5.74) is 0. The number of terminal acetylenes is 2. The molecule has 0 atom stereocenters. The van der Waals surface area contributed by atoms with Crippen LogP contribution in [0.15, 0.2) is 0 Å². The Morgan fingerprint density at radius 3 is 1.28 bits per heavy atom. The van der Waals surface area contributed by atoms with E-state index in [-0.39, 0.29) is 26.2 Å². The highest BCUT2D eigenvalue weighted by Gasteiger charge is 2.33. The van der Waals surface area contributed by atoms with Gasteiger partial charge >= 0.3 is 20.6 Å². The average Bonchev–Trinajstić information content (AvgIpc) is 2.29. The summed E-state index contributed by atoms with van der Waals surface area (Å²) in [5.74, 6) is 0. The van der Waals surface area contributed by atoms with Crippen LogP contribution in [0.2, 0.25) is 0 Å². The zero-order chi connectivity index (χ0) is 13.8. The Balaban J connectivity index is 2.69. The van der Waals surface area contributed by atoms with E-state index in [4.69, 9.17) is 12.8 Å². The first-order valence-electron chi connectivity index (χ1n) is 4.62. The van der Waals surface area contributed by atoms with Gasteiger partial charge in [-0.1, -0.05) is 12.8 Å². The normalized spacial score (nSPS) is 18.6. The summed E-state index contributed by atoms with van der Waals surface area (Å²) in [4.78, 5) is 0. The van der Waals surface area contributed by atoms with E-state index < -0.39 is 20.6 Å². The third kappa shape index (κ3) is 3.27. The lowest BCUT2D eigenvalue weighted by Gasteiger charge is -2.30. The second-order valence-electron chi connectivity index (χ2n) is 3.12. The zero-order valence-electron chi connectivity index (χ0n) is 9.14. The molecule has 0 N–H and O–H groups in total. The van der Waals surface area contributed by atoms with Crippen molar-refractivity contribution in [2.45, 2.75) is 0 Å². The van der Waals surface area contributed by atoms with Gasteiger partial charge < -0.3 is 8.37 Å². The maximum absolute atomic E-state index is 11.4. The summed E-state index contributed by atoms with van der Waals surface area (Å²) < 4.78 is 55.7. The van der Waals surface area contributed by atoms with Crippen LogP contribution in [-0.4, -0.2) is 51.6 Å². The maximum Gasteiger partial charge on any atom is 0.393 e. The van der Waals surface area contributed by atoms with Gasteiger partial charge in [0.05, 0.1) is 0 Å². The second-order valence-corrected chi connectivity index (χ2v) is 6.19. The van der Waals surface area contributed by atoms with Gasteiger partial charge in [-0.25, -0.2) is 0 Å². The molecule has 0 bridgehead atoms. The topological polar surface area (TPSA) is 93.2 Å². The molecule has 1 rings (SSSR count). The third-order valence-electron chi connectivity index (χ3n) is 2.14. The third-order valence-corrected chi connectivity index (χ3v) is 4.75. The SMILES string of the molecule is C#COS(=O)(=O)N1CCN(S(=O)(=O)OC#C)CC1. The molecule has 18 heavy (non-hydrogen) atoms. The second kappa shape index (κ2) is 5.46. The highest BCUT2D eigenvalue weighted by atomic mass is 32.2. The Morgan fingerprint density at radius 1 is 0.778 bits per heavy atom. The van der Waals surface area contributed by atoms with E-state index in [9.17, 15) is 16.8 Å². The van der Waals surface area contributed by atoms with Gasteiger partial charge in [0.2, 0.25) is 0 Å². The van der Waals surface area contributed by atoms with E-state index in [0.717, 1.165) is 8.61 Å². The first-order chi connectivity index (χ1) is 8.33. The number of hydrogen-bond acceptors (Lipinski definition) is 6. The minimum Gasteiger partial charge on any atom is -0.316 e. The molecule has 0 aliphatic carbocycles. The first kappa shape index (κ1) is 14.6. The molecular weight excluding hydrogens is 284 g/mol. The fourth-order valence-electron chi connectivity index (χ4n) is 1.34. The lowest BCUT2D eigenvalue weighted by atomic mass is 10.4. The summed E-state index contributed by atoms with van der Waals surface area (Å²) >= 11 is 0. The van der Waals surface area contributed by atoms with Crippen LogP contribution < -0.4 is 0 Å². The van der Waals surface area contributed by atoms with Crippen LogP contribution in [0.3, 0.4) is 0 Å². The van der Waals surface area contributed by atoms with Crippen molar-refractivity contribution in [2.75, 3.05) is 26.2 Å². The predicted octanol–water partition coefficient (Wildman–Crippen LogP) is -1.69. The van der Waals surface area contributed by atoms with E-state index in [2.05, 4.69) is 8.37 Å². The molecule has 0 aromatic heterocycles. The summed E-state index contributed by atoms with van der Waals surface area (Å²) in [6.45, 7) is -0.400. The van der Waals surface area contributed by atoms with Crippen LogP contribution in [0.4, 0.5) is 0 Å². The summed E-state index contributed by atoms with van der Waals surface area (Å²) in [7, 11) is -8.04. The van der Waals surface area contributed by atoms with Gasteiger partial charge in [0, 0.05) is 26.2 Å². The summed E-state index contributed by atoms with van der Waals surface area (Å²) in [6, 6.07) is 0. The minimum atomic E-state index is -4.02. The highest BCUT2D eigenvalue weighted by molar-refractivity contribution is 7.84. The summed E-state index contributed by atoms with van der Waals surface area (Å²) in [6.07, 6.45) is 12.6. The number of hydrogen-bond donors (Lipinski definition) is 0. The monoisotopic (exact) mass is 294 g/mol. The quantitative estimate of drug-likeness (QED) is 0.574. The van der Waals surface area contributed by atoms with E-state index in [1.807, 2.05) is 0 Å². The minimum absolute atomic E-state index is 0.100. The van der Waals surface area contributed by atoms with Crippen molar-refractivity contribution in [2.24, 2.45) is 0 Å². The largest absolute Gasteiger partial charge is 0.393 e. The average molecular weight is 294 g/mol. The van der Waals surface area contributed by atoms with Crippen molar-refractivity contribution in [1.82, 2.24) is 8.61 Å². The fourth-order valence-corrected chi connectivity index (χ4v) is 3.02.